The van der Waals surface area contributed by atoms with Gasteiger partial charge in [-0.1, -0.05) is 5.16 Å². The van der Waals surface area contributed by atoms with Crippen LogP contribution in [-0.4, -0.2) is 29.3 Å². The summed E-state index contributed by atoms with van der Waals surface area (Å²) >= 11 is 0. The zero-order valence-corrected chi connectivity index (χ0v) is 8.94. The Morgan fingerprint density at radius 1 is 1.38 bits per heavy atom. The number of fused-ring (bicyclic) bond motifs is 1. The van der Waals surface area contributed by atoms with Crippen LogP contribution in [-0.2, 0) is 0 Å². The molecule has 16 heavy (non-hydrogen) atoms. The third kappa shape index (κ3) is 1.74. The van der Waals surface area contributed by atoms with Crippen LogP contribution >= 0.6 is 0 Å². The zero-order valence-electron chi connectivity index (χ0n) is 8.94. The molecule has 3 heterocycles. The summed E-state index contributed by atoms with van der Waals surface area (Å²) in [5.41, 5.74) is 1.66. The average molecular weight is 218 g/mol. The molecule has 2 N–H and O–H groups in total. The number of nitrogens with one attached hydrogen (secondary N) is 2. The summed E-state index contributed by atoms with van der Waals surface area (Å²) in [5, 5.41) is 11.6. The van der Waals surface area contributed by atoms with Gasteiger partial charge in [-0.15, -0.1) is 0 Å². The van der Waals surface area contributed by atoms with E-state index in [2.05, 4.69) is 20.8 Å². The molecule has 1 saturated heterocycles. The highest BCUT2D eigenvalue weighted by atomic mass is 16.5. The predicted octanol–water partition coefficient (Wildman–Crippen LogP) is 1.39. The van der Waals surface area contributed by atoms with Gasteiger partial charge in [0, 0.05) is 12.2 Å². The second-order valence-corrected chi connectivity index (χ2v) is 4.07. The molecule has 0 spiro atoms. The Kier molecular flexibility index (Phi) is 2.46. The van der Waals surface area contributed by atoms with E-state index in [1.54, 1.807) is 12.4 Å². The number of anilines is 1. The molecule has 0 radical (unpaired) electrons. The summed E-state index contributed by atoms with van der Waals surface area (Å²) in [6.45, 7) is 2.16. The fourth-order valence-corrected chi connectivity index (χ4v) is 2.09. The van der Waals surface area contributed by atoms with E-state index >= 15 is 0 Å². The van der Waals surface area contributed by atoms with E-state index in [0.717, 1.165) is 37.0 Å². The van der Waals surface area contributed by atoms with E-state index in [9.17, 15) is 0 Å². The number of rotatable bonds is 2. The molecule has 0 atom stereocenters. The van der Waals surface area contributed by atoms with Gasteiger partial charge < -0.3 is 15.2 Å². The summed E-state index contributed by atoms with van der Waals surface area (Å²) in [4.78, 5) is 4.11. The first-order valence-corrected chi connectivity index (χ1v) is 5.60. The van der Waals surface area contributed by atoms with E-state index in [1.165, 1.54) is 0 Å². The van der Waals surface area contributed by atoms with Gasteiger partial charge in [0.15, 0.2) is 0 Å². The molecule has 5 heteroatoms. The van der Waals surface area contributed by atoms with E-state index in [-0.39, 0.29) is 0 Å². The van der Waals surface area contributed by atoms with Gasteiger partial charge in [-0.05, 0) is 32.0 Å². The largest absolute Gasteiger partial charge is 0.381 e. The maximum absolute atomic E-state index is 5.03. The molecule has 0 saturated carbocycles. The van der Waals surface area contributed by atoms with Crippen LogP contribution in [0.4, 0.5) is 5.69 Å². The molecular formula is C11H14N4O. The summed E-state index contributed by atoms with van der Waals surface area (Å²) in [6, 6.07) is 2.50. The number of hydrogen-bond acceptors (Lipinski definition) is 5. The molecule has 0 unspecified atom stereocenters. The molecule has 0 aromatic carbocycles. The van der Waals surface area contributed by atoms with Gasteiger partial charge in [-0.2, -0.15) is 0 Å². The summed E-state index contributed by atoms with van der Waals surface area (Å²) in [5.74, 6) is 0. The normalized spacial score (nSPS) is 17.8. The summed E-state index contributed by atoms with van der Waals surface area (Å²) < 4.78 is 5.03. The summed E-state index contributed by atoms with van der Waals surface area (Å²) in [6.07, 6.45) is 5.76. The Balaban J connectivity index is 1.85. The molecule has 0 bridgehead atoms. The second kappa shape index (κ2) is 4.09. The average Bonchev–Trinajstić information content (AvgIpc) is 2.80. The Morgan fingerprint density at radius 3 is 3.12 bits per heavy atom. The number of nitrogens with zero attached hydrogens (tertiary/aromatic N) is 2. The molecular weight excluding hydrogens is 204 g/mol. The molecule has 1 aliphatic heterocycles. The smallest absolute Gasteiger partial charge is 0.259 e. The number of aromatic nitrogens is 2. The fraction of sp³-hybridized carbons (Fsp3) is 0.455. The molecule has 84 valence electrons. The van der Waals surface area contributed by atoms with Crippen LogP contribution in [0.3, 0.4) is 0 Å². The van der Waals surface area contributed by atoms with Gasteiger partial charge in [0.05, 0.1) is 17.3 Å². The lowest BCUT2D eigenvalue weighted by molar-refractivity contribution is 0.448. The first-order chi connectivity index (χ1) is 7.93. The van der Waals surface area contributed by atoms with Crippen LogP contribution in [0.25, 0.3) is 11.1 Å². The molecule has 3 rings (SSSR count). The minimum Gasteiger partial charge on any atom is -0.381 e. The van der Waals surface area contributed by atoms with Crippen LogP contribution < -0.4 is 10.6 Å². The lowest BCUT2D eigenvalue weighted by Crippen LogP contribution is -2.35. The highest BCUT2D eigenvalue weighted by molar-refractivity contribution is 5.86. The topological polar surface area (TPSA) is 63.0 Å². The van der Waals surface area contributed by atoms with Crippen molar-refractivity contribution in [3.05, 3.63) is 18.5 Å². The highest BCUT2D eigenvalue weighted by Crippen LogP contribution is 2.22. The first kappa shape index (κ1) is 9.59. The van der Waals surface area contributed by atoms with Crippen molar-refractivity contribution >= 4 is 16.8 Å². The lowest BCUT2D eigenvalue weighted by atomic mass is 10.1. The zero-order chi connectivity index (χ0) is 10.8. The van der Waals surface area contributed by atoms with E-state index in [0.29, 0.717) is 11.8 Å². The Bertz CT molecular complexity index is 476. The Labute approximate surface area is 93.2 Å². The van der Waals surface area contributed by atoms with Gasteiger partial charge in [0.2, 0.25) is 0 Å². The van der Waals surface area contributed by atoms with Crippen molar-refractivity contribution in [2.75, 3.05) is 18.4 Å². The molecule has 1 aliphatic rings. The van der Waals surface area contributed by atoms with Crippen molar-refractivity contribution in [3.8, 4) is 0 Å². The van der Waals surface area contributed by atoms with E-state index in [1.807, 2.05) is 6.07 Å². The van der Waals surface area contributed by atoms with Gasteiger partial charge in [-0.3, -0.25) is 0 Å². The maximum Gasteiger partial charge on any atom is 0.259 e. The minimum absolute atomic E-state index is 0.529. The first-order valence-electron chi connectivity index (χ1n) is 5.60. The van der Waals surface area contributed by atoms with Gasteiger partial charge >= 0.3 is 0 Å². The molecule has 1 fully saturated rings. The second-order valence-electron chi connectivity index (χ2n) is 4.07. The molecule has 2 aromatic rings. The SMILES string of the molecule is c1cc(NC2CCNCC2)c2cnoc2n1. The molecule has 0 amide bonds. The summed E-state index contributed by atoms with van der Waals surface area (Å²) in [7, 11) is 0. The van der Waals surface area contributed by atoms with Crippen molar-refractivity contribution < 1.29 is 4.52 Å². The standard InChI is InChI=1S/C11H14N4O/c1-4-12-5-2-8(1)15-10-3-6-13-11-9(10)7-14-16-11/h3,6-8,12H,1-2,4-5H2,(H,13,15). The highest BCUT2D eigenvalue weighted by Gasteiger charge is 2.14. The van der Waals surface area contributed by atoms with Crippen LogP contribution in [0, 0.1) is 0 Å². The van der Waals surface area contributed by atoms with Crippen molar-refractivity contribution in [2.24, 2.45) is 0 Å². The monoisotopic (exact) mass is 218 g/mol. The Hall–Kier alpha value is -1.62. The van der Waals surface area contributed by atoms with Crippen molar-refractivity contribution in [3.63, 3.8) is 0 Å². The van der Waals surface area contributed by atoms with Crippen LogP contribution in [0.2, 0.25) is 0 Å². The third-order valence-corrected chi connectivity index (χ3v) is 2.97. The predicted molar refractivity (Wildman–Crippen MR) is 61.3 cm³/mol. The van der Waals surface area contributed by atoms with E-state index < -0.39 is 0 Å². The number of hydrogen-bond donors (Lipinski definition) is 2. The van der Waals surface area contributed by atoms with Crippen molar-refractivity contribution in [1.29, 1.82) is 0 Å². The lowest BCUT2D eigenvalue weighted by Gasteiger charge is -2.24. The van der Waals surface area contributed by atoms with E-state index in [4.69, 9.17) is 4.52 Å². The van der Waals surface area contributed by atoms with Crippen LogP contribution in [0.5, 0.6) is 0 Å². The van der Waals surface area contributed by atoms with Gasteiger partial charge in [0.1, 0.15) is 0 Å². The third-order valence-electron chi connectivity index (χ3n) is 2.97. The number of pyridine rings is 1. The van der Waals surface area contributed by atoms with Crippen molar-refractivity contribution in [2.45, 2.75) is 18.9 Å². The van der Waals surface area contributed by atoms with Gasteiger partial charge in [0.25, 0.3) is 5.71 Å². The fourth-order valence-electron chi connectivity index (χ4n) is 2.09. The molecule has 2 aromatic heterocycles. The quantitative estimate of drug-likeness (QED) is 0.797. The van der Waals surface area contributed by atoms with Crippen molar-refractivity contribution in [1.82, 2.24) is 15.5 Å². The number of piperidine rings is 1. The minimum atomic E-state index is 0.529. The molecule has 0 aliphatic carbocycles. The Morgan fingerprint density at radius 2 is 2.25 bits per heavy atom. The van der Waals surface area contributed by atoms with Gasteiger partial charge in [-0.25, -0.2) is 4.98 Å². The van der Waals surface area contributed by atoms with Crippen LogP contribution in [0.15, 0.2) is 23.0 Å². The van der Waals surface area contributed by atoms with Crippen LogP contribution in [0.1, 0.15) is 12.8 Å². The molecule has 5 nitrogen and oxygen atoms in total. The maximum atomic E-state index is 5.03.